The van der Waals surface area contributed by atoms with Crippen LogP contribution in [0.1, 0.15) is 28.9 Å². The number of anilines is 1. The lowest BCUT2D eigenvalue weighted by molar-refractivity contribution is 0.0939. The summed E-state index contributed by atoms with van der Waals surface area (Å²) in [6.45, 7) is 1.68. The Labute approximate surface area is 119 Å². The van der Waals surface area contributed by atoms with E-state index in [-0.39, 0.29) is 11.4 Å². The smallest absolute Gasteiger partial charge is 0.251 e. The van der Waals surface area contributed by atoms with E-state index in [2.05, 4.69) is 5.32 Å². The molecule has 21 heavy (non-hydrogen) atoms. The van der Waals surface area contributed by atoms with Gasteiger partial charge in [0.1, 0.15) is 23.1 Å². The van der Waals surface area contributed by atoms with Gasteiger partial charge in [-0.05, 0) is 36.8 Å². The van der Waals surface area contributed by atoms with E-state index < -0.39 is 29.3 Å². The molecule has 0 spiro atoms. The average Bonchev–Trinajstić information content (AvgIpc) is 2.44. The largest absolute Gasteiger partial charge is 0.394 e. The zero-order valence-electron chi connectivity index (χ0n) is 11.2. The molecule has 0 saturated carbocycles. The second kappa shape index (κ2) is 5.87. The van der Waals surface area contributed by atoms with Gasteiger partial charge in [0.25, 0.3) is 5.91 Å². The van der Waals surface area contributed by atoms with Gasteiger partial charge in [0.2, 0.25) is 0 Å². The molecule has 1 atom stereocenters. The molecule has 3 N–H and O–H groups in total. The number of carbonyl (C=O) groups excluding carboxylic acids is 1. The van der Waals surface area contributed by atoms with E-state index in [1.807, 2.05) is 0 Å². The number of rotatable bonds is 3. The number of nitrogens with one attached hydrogen (secondary N) is 1. The van der Waals surface area contributed by atoms with E-state index in [4.69, 9.17) is 5.73 Å². The number of halogens is 3. The maximum Gasteiger partial charge on any atom is 0.251 e. The van der Waals surface area contributed by atoms with Crippen LogP contribution in [0.3, 0.4) is 0 Å². The van der Waals surface area contributed by atoms with Crippen molar-refractivity contribution in [3.8, 4) is 0 Å². The molecule has 110 valence electrons. The molecule has 6 heteroatoms. The molecule has 0 aliphatic carbocycles. The van der Waals surface area contributed by atoms with Crippen LogP contribution in [0.5, 0.6) is 0 Å². The Balaban J connectivity index is 2.16. The van der Waals surface area contributed by atoms with Crippen LogP contribution in [-0.2, 0) is 0 Å². The molecule has 0 aliphatic heterocycles. The fourth-order valence-electron chi connectivity index (χ4n) is 1.83. The Morgan fingerprint density at radius 3 is 2.14 bits per heavy atom. The number of hydrogen-bond acceptors (Lipinski definition) is 2. The number of hydrogen-bond donors (Lipinski definition) is 2. The maximum atomic E-state index is 13.3. The van der Waals surface area contributed by atoms with Crippen LogP contribution in [0.4, 0.5) is 18.9 Å². The van der Waals surface area contributed by atoms with E-state index >= 15 is 0 Å². The van der Waals surface area contributed by atoms with Crippen LogP contribution >= 0.6 is 0 Å². The molecular weight excluding hydrogens is 281 g/mol. The lowest BCUT2D eigenvalue weighted by atomic mass is 10.1. The van der Waals surface area contributed by atoms with E-state index in [1.165, 1.54) is 24.3 Å². The molecule has 0 saturated heterocycles. The Bertz CT molecular complexity index is 648. The predicted octanol–water partition coefficient (Wildman–Crippen LogP) is 3.18. The molecule has 0 heterocycles. The van der Waals surface area contributed by atoms with Crippen molar-refractivity contribution in [1.82, 2.24) is 5.32 Å². The summed E-state index contributed by atoms with van der Waals surface area (Å²) >= 11 is 0. The summed E-state index contributed by atoms with van der Waals surface area (Å²) in [6.07, 6.45) is 0. The quantitative estimate of drug-likeness (QED) is 0.854. The second-order valence-electron chi connectivity index (χ2n) is 4.60. The van der Waals surface area contributed by atoms with E-state index in [0.29, 0.717) is 5.56 Å². The number of nitrogen functional groups attached to an aromatic ring is 1. The summed E-state index contributed by atoms with van der Waals surface area (Å²) in [7, 11) is 0. The second-order valence-corrected chi connectivity index (χ2v) is 4.60. The number of benzene rings is 2. The molecule has 3 nitrogen and oxygen atoms in total. The lowest BCUT2D eigenvalue weighted by Gasteiger charge is -2.14. The summed E-state index contributed by atoms with van der Waals surface area (Å²) in [4.78, 5) is 12.0. The Hall–Kier alpha value is -2.50. The van der Waals surface area contributed by atoms with Gasteiger partial charge in [0.05, 0.1) is 6.04 Å². The van der Waals surface area contributed by atoms with Crippen molar-refractivity contribution in [2.75, 3.05) is 5.73 Å². The maximum absolute atomic E-state index is 13.3. The topological polar surface area (TPSA) is 55.1 Å². The van der Waals surface area contributed by atoms with Gasteiger partial charge in [-0.15, -0.1) is 0 Å². The zero-order chi connectivity index (χ0) is 15.6. The highest BCUT2D eigenvalue weighted by Crippen LogP contribution is 2.19. The first-order valence-electron chi connectivity index (χ1n) is 6.19. The fourth-order valence-corrected chi connectivity index (χ4v) is 1.83. The van der Waals surface area contributed by atoms with Gasteiger partial charge in [-0.1, -0.05) is 12.1 Å². The Morgan fingerprint density at radius 1 is 1.10 bits per heavy atom. The van der Waals surface area contributed by atoms with Crippen molar-refractivity contribution in [1.29, 1.82) is 0 Å². The van der Waals surface area contributed by atoms with Crippen LogP contribution in [-0.4, -0.2) is 5.91 Å². The molecule has 1 unspecified atom stereocenters. The average molecular weight is 294 g/mol. The van der Waals surface area contributed by atoms with Crippen LogP contribution in [0.25, 0.3) is 0 Å². The van der Waals surface area contributed by atoms with Gasteiger partial charge < -0.3 is 11.1 Å². The Morgan fingerprint density at radius 2 is 1.62 bits per heavy atom. The van der Waals surface area contributed by atoms with Gasteiger partial charge >= 0.3 is 0 Å². The van der Waals surface area contributed by atoms with E-state index in [9.17, 15) is 18.0 Å². The highest BCUT2D eigenvalue weighted by Gasteiger charge is 2.15. The van der Waals surface area contributed by atoms with Crippen LogP contribution in [0, 0.1) is 17.5 Å². The third kappa shape index (κ3) is 3.34. The van der Waals surface area contributed by atoms with Gasteiger partial charge in [-0.25, -0.2) is 13.2 Å². The molecule has 0 aliphatic rings. The first-order chi connectivity index (χ1) is 9.88. The fraction of sp³-hybridized carbons (Fsp3) is 0.133. The first kappa shape index (κ1) is 14.9. The van der Waals surface area contributed by atoms with Gasteiger partial charge in [0, 0.05) is 5.56 Å². The molecular formula is C15H13F3N2O. The van der Waals surface area contributed by atoms with E-state index in [0.717, 1.165) is 12.1 Å². The standard InChI is InChI=1S/C15H13F3N2O/c1-8(9-2-4-11(16)5-3-9)20-15(21)10-6-12(17)14(19)13(18)7-10/h2-8H,19H2,1H3,(H,20,21). The molecule has 2 aromatic rings. The molecule has 2 aromatic carbocycles. The first-order valence-corrected chi connectivity index (χ1v) is 6.19. The lowest BCUT2D eigenvalue weighted by Crippen LogP contribution is -2.27. The SMILES string of the molecule is CC(NC(=O)c1cc(F)c(N)c(F)c1)c1ccc(F)cc1. The predicted molar refractivity (Wildman–Crippen MR) is 73.1 cm³/mol. The van der Waals surface area contributed by atoms with Crippen LogP contribution in [0.15, 0.2) is 36.4 Å². The summed E-state index contributed by atoms with van der Waals surface area (Å²) in [6, 6.07) is 6.86. The summed E-state index contributed by atoms with van der Waals surface area (Å²) in [5.41, 5.74) is 5.01. The van der Waals surface area contributed by atoms with Crippen molar-refractivity contribution < 1.29 is 18.0 Å². The zero-order valence-corrected chi connectivity index (χ0v) is 11.2. The minimum atomic E-state index is -0.991. The van der Waals surface area contributed by atoms with Gasteiger partial charge in [-0.3, -0.25) is 4.79 Å². The van der Waals surface area contributed by atoms with Crippen LogP contribution < -0.4 is 11.1 Å². The van der Waals surface area contributed by atoms with Crippen LogP contribution in [0.2, 0.25) is 0 Å². The summed E-state index contributed by atoms with van der Waals surface area (Å²) in [5, 5.41) is 2.57. The van der Waals surface area contributed by atoms with Crippen molar-refractivity contribution in [2.45, 2.75) is 13.0 Å². The highest BCUT2D eigenvalue weighted by molar-refractivity contribution is 5.94. The van der Waals surface area contributed by atoms with E-state index in [1.54, 1.807) is 6.92 Å². The summed E-state index contributed by atoms with van der Waals surface area (Å²) in [5.74, 6) is -3.02. The van der Waals surface area contributed by atoms with Crippen molar-refractivity contribution in [3.63, 3.8) is 0 Å². The van der Waals surface area contributed by atoms with Crippen molar-refractivity contribution in [3.05, 3.63) is 65.0 Å². The monoisotopic (exact) mass is 294 g/mol. The molecule has 1 amide bonds. The highest BCUT2D eigenvalue weighted by atomic mass is 19.1. The minimum Gasteiger partial charge on any atom is -0.394 e. The normalized spacial score (nSPS) is 12.0. The number of amides is 1. The number of nitrogens with two attached hydrogens (primary N) is 1. The minimum absolute atomic E-state index is 0.173. The van der Waals surface area contributed by atoms with Gasteiger partial charge in [-0.2, -0.15) is 0 Å². The molecule has 0 aromatic heterocycles. The molecule has 0 radical (unpaired) electrons. The third-order valence-electron chi connectivity index (χ3n) is 3.06. The Kier molecular flexibility index (Phi) is 4.16. The molecule has 0 fully saturated rings. The third-order valence-corrected chi connectivity index (χ3v) is 3.06. The van der Waals surface area contributed by atoms with Crippen molar-refractivity contribution >= 4 is 11.6 Å². The summed E-state index contributed by atoms with van der Waals surface area (Å²) < 4.78 is 39.5. The molecule has 2 rings (SSSR count). The molecule has 0 bridgehead atoms. The number of carbonyl (C=O) groups is 1. The van der Waals surface area contributed by atoms with Crippen molar-refractivity contribution in [2.24, 2.45) is 0 Å². The van der Waals surface area contributed by atoms with Gasteiger partial charge in [0.15, 0.2) is 0 Å².